The van der Waals surface area contributed by atoms with Crippen molar-refractivity contribution in [3.05, 3.63) is 34.6 Å². The molecule has 0 amide bonds. The Morgan fingerprint density at radius 1 is 1.33 bits per heavy atom. The van der Waals surface area contributed by atoms with E-state index in [0.717, 1.165) is 6.07 Å². The van der Waals surface area contributed by atoms with Crippen molar-refractivity contribution in [3.63, 3.8) is 0 Å². The van der Waals surface area contributed by atoms with Gasteiger partial charge in [0.1, 0.15) is 12.4 Å². The molecule has 0 aliphatic rings. The van der Waals surface area contributed by atoms with Crippen molar-refractivity contribution >= 4 is 11.6 Å². The number of rotatable bonds is 8. The molecule has 0 radical (unpaired) electrons. The predicted octanol–water partition coefficient (Wildman–Crippen LogP) is 3.53. The standard InChI is InChI=1S/C13H15ClF5NO/c1-20-10(6-21-7-13(18,19)12(16)17)4-8-2-3-9(14)5-11(8)15/h2-3,5,10,12,20H,4,6-7H2,1H3. The summed E-state index contributed by atoms with van der Waals surface area (Å²) in [5.41, 5.74) is 0.322. The molecule has 0 aliphatic carbocycles. The van der Waals surface area contributed by atoms with E-state index in [9.17, 15) is 22.0 Å². The summed E-state index contributed by atoms with van der Waals surface area (Å²) in [4.78, 5) is 0. The van der Waals surface area contributed by atoms with Gasteiger partial charge in [-0.2, -0.15) is 8.78 Å². The fourth-order valence-electron chi connectivity index (χ4n) is 1.60. The molecule has 0 aliphatic heterocycles. The topological polar surface area (TPSA) is 21.3 Å². The highest BCUT2D eigenvalue weighted by Crippen LogP contribution is 2.23. The molecular weight excluding hydrogens is 317 g/mol. The summed E-state index contributed by atoms with van der Waals surface area (Å²) in [6.07, 6.45) is -3.63. The van der Waals surface area contributed by atoms with Crippen LogP contribution in [0, 0.1) is 5.82 Å². The number of benzene rings is 1. The molecule has 1 unspecified atom stereocenters. The Hall–Kier alpha value is -0.920. The van der Waals surface area contributed by atoms with Crippen LogP contribution in [0.25, 0.3) is 0 Å². The number of hydrogen-bond donors (Lipinski definition) is 1. The zero-order valence-electron chi connectivity index (χ0n) is 11.2. The first kappa shape index (κ1) is 18.1. The van der Waals surface area contributed by atoms with Gasteiger partial charge in [-0.15, -0.1) is 0 Å². The van der Waals surface area contributed by atoms with Gasteiger partial charge < -0.3 is 10.1 Å². The van der Waals surface area contributed by atoms with E-state index >= 15 is 0 Å². The second-order valence-corrected chi connectivity index (χ2v) is 4.94. The first-order chi connectivity index (χ1) is 9.76. The van der Waals surface area contributed by atoms with E-state index in [1.54, 1.807) is 0 Å². The van der Waals surface area contributed by atoms with Gasteiger partial charge in [0.25, 0.3) is 0 Å². The van der Waals surface area contributed by atoms with E-state index in [2.05, 4.69) is 10.1 Å². The maximum Gasteiger partial charge on any atom is 0.330 e. The highest BCUT2D eigenvalue weighted by atomic mass is 35.5. The third kappa shape index (κ3) is 5.76. The van der Waals surface area contributed by atoms with E-state index in [0.29, 0.717) is 5.56 Å². The Bertz CT molecular complexity index is 458. The molecule has 120 valence electrons. The summed E-state index contributed by atoms with van der Waals surface area (Å²) >= 11 is 5.62. The molecule has 0 saturated heterocycles. The van der Waals surface area contributed by atoms with Crippen LogP contribution in [0.5, 0.6) is 0 Å². The van der Waals surface area contributed by atoms with Crippen molar-refractivity contribution in [2.45, 2.75) is 24.8 Å². The van der Waals surface area contributed by atoms with Gasteiger partial charge in [0, 0.05) is 11.1 Å². The zero-order valence-corrected chi connectivity index (χ0v) is 11.9. The van der Waals surface area contributed by atoms with E-state index in [1.807, 2.05) is 0 Å². The highest BCUT2D eigenvalue weighted by molar-refractivity contribution is 6.30. The van der Waals surface area contributed by atoms with E-state index in [-0.39, 0.29) is 18.1 Å². The summed E-state index contributed by atoms with van der Waals surface area (Å²) in [5.74, 6) is -4.72. The third-order valence-electron chi connectivity index (χ3n) is 2.82. The Kier molecular flexibility index (Phi) is 6.83. The smallest absolute Gasteiger partial charge is 0.330 e. The number of nitrogens with one attached hydrogen (secondary N) is 1. The lowest BCUT2D eigenvalue weighted by atomic mass is 10.1. The van der Waals surface area contributed by atoms with Crippen LogP contribution < -0.4 is 5.32 Å². The average molecular weight is 332 g/mol. The summed E-state index contributed by atoms with van der Waals surface area (Å²) in [5, 5.41) is 2.99. The van der Waals surface area contributed by atoms with Gasteiger partial charge >= 0.3 is 12.3 Å². The maximum atomic E-state index is 13.6. The molecule has 2 nitrogen and oxygen atoms in total. The van der Waals surface area contributed by atoms with Crippen molar-refractivity contribution in [1.82, 2.24) is 5.32 Å². The first-order valence-electron chi connectivity index (χ1n) is 6.11. The van der Waals surface area contributed by atoms with Gasteiger partial charge in [-0.05, 0) is 31.2 Å². The van der Waals surface area contributed by atoms with Crippen molar-refractivity contribution in [2.75, 3.05) is 20.3 Å². The summed E-state index contributed by atoms with van der Waals surface area (Å²) in [7, 11) is 1.53. The number of halogens is 6. The number of hydrogen-bond acceptors (Lipinski definition) is 2. The first-order valence-corrected chi connectivity index (χ1v) is 6.49. The second kappa shape index (κ2) is 7.91. The lowest BCUT2D eigenvalue weighted by Gasteiger charge is -2.20. The Balaban J connectivity index is 2.52. The van der Waals surface area contributed by atoms with Gasteiger partial charge in [0.2, 0.25) is 0 Å². The monoisotopic (exact) mass is 331 g/mol. The van der Waals surface area contributed by atoms with Gasteiger partial charge in [-0.25, -0.2) is 13.2 Å². The molecule has 1 rings (SSSR count). The van der Waals surface area contributed by atoms with Crippen molar-refractivity contribution in [1.29, 1.82) is 0 Å². The number of ether oxygens (including phenoxy) is 1. The van der Waals surface area contributed by atoms with Crippen LogP contribution in [0.4, 0.5) is 22.0 Å². The normalized spacial score (nSPS) is 13.7. The van der Waals surface area contributed by atoms with Crippen molar-refractivity contribution in [2.24, 2.45) is 0 Å². The fraction of sp³-hybridized carbons (Fsp3) is 0.538. The molecule has 0 saturated carbocycles. The van der Waals surface area contributed by atoms with E-state index < -0.39 is 30.8 Å². The van der Waals surface area contributed by atoms with Crippen LogP contribution in [-0.4, -0.2) is 38.7 Å². The summed E-state index contributed by atoms with van der Waals surface area (Å²) < 4.78 is 67.4. The molecule has 0 spiro atoms. The summed E-state index contributed by atoms with van der Waals surface area (Å²) in [6.45, 7) is -1.63. The minimum absolute atomic E-state index is 0.153. The molecule has 21 heavy (non-hydrogen) atoms. The molecule has 1 aromatic carbocycles. The number of likely N-dealkylation sites (N-methyl/N-ethyl adjacent to an activating group) is 1. The van der Waals surface area contributed by atoms with Gasteiger partial charge in [-0.3, -0.25) is 0 Å². The average Bonchev–Trinajstić information content (AvgIpc) is 2.39. The molecule has 0 bridgehead atoms. The van der Waals surface area contributed by atoms with Crippen molar-refractivity contribution < 1.29 is 26.7 Å². The molecule has 0 heterocycles. The molecule has 1 N–H and O–H groups in total. The van der Waals surface area contributed by atoms with Crippen LogP contribution >= 0.6 is 11.6 Å². The minimum atomic E-state index is -4.19. The molecular formula is C13H15ClF5NO. The predicted molar refractivity (Wildman–Crippen MR) is 69.7 cm³/mol. The highest BCUT2D eigenvalue weighted by Gasteiger charge is 2.41. The van der Waals surface area contributed by atoms with Crippen molar-refractivity contribution in [3.8, 4) is 0 Å². The van der Waals surface area contributed by atoms with Gasteiger partial charge in [-0.1, -0.05) is 17.7 Å². The minimum Gasteiger partial charge on any atom is -0.373 e. The Labute approximate surface area is 124 Å². The maximum absolute atomic E-state index is 13.6. The molecule has 8 heteroatoms. The van der Waals surface area contributed by atoms with Gasteiger partial charge in [0.05, 0.1) is 6.61 Å². The lowest BCUT2D eigenvalue weighted by Crippen LogP contribution is -2.37. The second-order valence-electron chi connectivity index (χ2n) is 4.50. The number of alkyl halides is 4. The molecule has 0 fully saturated rings. The van der Waals surface area contributed by atoms with E-state index in [1.165, 1.54) is 19.2 Å². The molecule has 1 aromatic rings. The largest absolute Gasteiger partial charge is 0.373 e. The van der Waals surface area contributed by atoms with Crippen LogP contribution in [0.3, 0.4) is 0 Å². The van der Waals surface area contributed by atoms with Crippen LogP contribution in [-0.2, 0) is 11.2 Å². The molecule has 1 atom stereocenters. The Morgan fingerprint density at radius 2 is 2.00 bits per heavy atom. The van der Waals surface area contributed by atoms with Crippen LogP contribution in [0.2, 0.25) is 5.02 Å². The van der Waals surface area contributed by atoms with Gasteiger partial charge in [0.15, 0.2) is 0 Å². The Morgan fingerprint density at radius 3 is 2.52 bits per heavy atom. The van der Waals surface area contributed by atoms with Crippen LogP contribution in [0.1, 0.15) is 5.56 Å². The fourth-order valence-corrected chi connectivity index (χ4v) is 1.76. The van der Waals surface area contributed by atoms with E-state index in [4.69, 9.17) is 11.6 Å². The quantitative estimate of drug-likeness (QED) is 0.736. The zero-order chi connectivity index (χ0) is 16.0. The third-order valence-corrected chi connectivity index (χ3v) is 3.06. The lowest BCUT2D eigenvalue weighted by molar-refractivity contribution is -0.166. The molecule has 0 aromatic heterocycles. The van der Waals surface area contributed by atoms with Crippen LogP contribution in [0.15, 0.2) is 18.2 Å². The SMILES string of the molecule is CNC(COCC(F)(F)C(F)F)Cc1ccc(Cl)cc1F. The summed E-state index contributed by atoms with van der Waals surface area (Å²) in [6, 6.07) is 3.61.